The van der Waals surface area contributed by atoms with Crippen molar-refractivity contribution in [1.82, 2.24) is 15.2 Å². The van der Waals surface area contributed by atoms with Gasteiger partial charge in [0, 0.05) is 36.8 Å². The van der Waals surface area contributed by atoms with Crippen molar-refractivity contribution in [3.63, 3.8) is 0 Å². The number of aromatic nitrogens is 1. The predicted octanol–water partition coefficient (Wildman–Crippen LogP) is 0.937. The van der Waals surface area contributed by atoms with Crippen LogP contribution in [0, 0.1) is 0 Å². The normalized spacial score (nSPS) is 17.7. The Morgan fingerprint density at radius 2 is 2.54 bits per heavy atom. The molecule has 1 aliphatic rings. The first kappa shape index (κ1) is 9.12. The van der Waals surface area contributed by atoms with Gasteiger partial charge in [-0.25, -0.2) is 0 Å². The van der Waals surface area contributed by atoms with Crippen molar-refractivity contribution in [1.29, 1.82) is 0 Å². The molecule has 1 saturated heterocycles. The summed E-state index contributed by atoms with van der Waals surface area (Å²) < 4.78 is 0. The van der Waals surface area contributed by atoms with Gasteiger partial charge < -0.3 is 5.32 Å². The molecule has 13 heavy (non-hydrogen) atoms. The minimum absolute atomic E-state index is 0.743. The van der Waals surface area contributed by atoms with E-state index in [9.17, 15) is 0 Å². The maximum Gasteiger partial charge on any atom is 0.0794 e. The molecule has 0 bridgehead atoms. The first-order valence-electron chi connectivity index (χ1n) is 4.72. The monoisotopic (exact) mass is 197 g/mol. The highest BCUT2D eigenvalue weighted by Gasteiger charge is 2.23. The Morgan fingerprint density at radius 1 is 1.69 bits per heavy atom. The molecule has 2 heterocycles. The van der Waals surface area contributed by atoms with E-state index in [1.54, 1.807) is 11.3 Å². The maximum absolute atomic E-state index is 4.09. The van der Waals surface area contributed by atoms with Crippen molar-refractivity contribution < 1.29 is 0 Å². The summed E-state index contributed by atoms with van der Waals surface area (Å²) in [6.45, 7) is 6.70. The van der Waals surface area contributed by atoms with Gasteiger partial charge in [-0.1, -0.05) is 6.92 Å². The van der Waals surface area contributed by atoms with Gasteiger partial charge in [-0.15, -0.1) is 11.3 Å². The Kier molecular flexibility index (Phi) is 2.93. The molecule has 1 aromatic heterocycles. The minimum atomic E-state index is 0.743. The van der Waals surface area contributed by atoms with E-state index in [0.717, 1.165) is 32.2 Å². The van der Waals surface area contributed by atoms with Gasteiger partial charge in [0.15, 0.2) is 0 Å². The SMILES string of the molecule is CCN(Cc1cncs1)C1CNC1. The molecular formula is C9H15N3S. The van der Waals surface area contributed by atoms with E-state index in [1.807, 2.05) is 11.7 Å². The third-order valence-corrected chi connectivity index (χ3v) is 3.29. The zero-order valence-electron chi connectivity index (χ0n) is 7.86. The van der Waals surface area contributed by atoms with Gasteiger partial charge in [0.2, 0.25) is 0 Å². The Bertz CT molecular complexity index is 243. The van der Waals surface area contributed by atoms with Crippen molar-refractivity contribution in [2.24, 2.45) is 0 Å². The van der Waals surface area contributed by atoms with E-state index in [-0.39, 0.29) is 0 Å². The van der Waals surface area contributed by atoms with Crippen LogP contribution < -0.4 is 5.32 Å². The number of likely N-dealkylation sites (N-methyl/N-ethyl adjacent to an activating group) is 1. The van der Waals surface area contributed by atoms with E-state index in [0.29, 0.717) is 0 Å². The second kappa shape index (κ2) is 4.17. The van der Waals surface area contributed by atoms with Crippen LogP contribution in [0.2, 0.25) is 0 Å². The van der Waals surface area contributed by atoms with Crippen LogP contribution in [0.3, 0.4) is 0 Å². The van der Waals surface area contributed by atoms with E-state index in [2.05, 4.69) is 22.1 Å². The highest BCUT2D eigenvalue weighted by molar-refractivity contribution is 7.09. The van der Waals surface area contributed by atoms with Crippen LogP contribution in [0.5, 0.6) is 0 Å². The summed E-state index contributed by atoms with van der Waals surface area (Å²) in [6, 6.07) is 0.743. The summed E-state index contributed by atoms with van der Waals surface area (Å²) in [7, 11) is 0. The van der Waals surface area contributed by atoms with Gasteiger partial charge >= 0.3 is 0 Å². The Hall–Kier alpha value is -0.450. The Morgan fingerprint density at radius 3 is 3.00 bits per heavy atom. The predicted molar refractivity (Wildman–Crippen MR) is 54.9 cm³/mol. The standard InChI is InChI=1S/C9H15N3S/c1-2-12(8-3-10-4-8)6-9-5-11-7-13-9/h5,7-8,10H,2-4,6H2,1H3. The molecule has 0 saturated carbocycles. The average Bonchev–Trinajstić information content (AvgIpc) is 2.52. The lowest BCUT2D eigenvalue weighted by atomic mass is 10.1. The number of rotatable bonds is 4. The molecule has 0 aliphatic carbocycles. The Labute approximate surface area is 82.8 Å². The molecule has 1 fully saturated rings. The lowest BCUT2D eigenvalue weighted by Gasteiger charge is -2.37. The van der Waals surface area contributed by atoms with Gasteiger partial charge in [0.25, 0.3) is 0 Å². The van der Waals surface area contributed by atoms with Gasteiger partial charge in [-0.05, 0) is 6.54 Å². The topological polar surface area (TPSA) is 28.2 Å². The van der Waals surface area contributed by atoms with E-state index < -0.39 is 0 Å². The molecule has 1 aromatic rings. The van der Waals surface area contributed by atoms with Crippen molar-refractivity contribution in [2.45, 2.75) is 19.5 Å². The quantitative estimate of drug-likeness (QED) is 0.778. The van der Waals surface area contributed by atoms with Crippen LogP contribution in [0.4, 0.5) is 0 Å². The first-order valence-corrected chi connectivity index (χ1v) is 5.60. The number of hydrogen-bond donors (Lipinski definition) is 1. The van der Waals surface area contributed by atoms with Crippen LogP contribution >= 0.6 is 11.3 Å². The summed E-state index contributed by atoms with van der Waals surface area (Å²) in [5.74, 6) is 0. The lowest BCUT2D eigenvalue weighted by Crippen LogP contribution is -2.56. The summed E-state index contributed by atoms with van der Waals surface area (Å²) in [5, 5.41) is 3.30. The smallest absolute Gasteiger partial charge is 0.0794 e. The van der Waals surface area contributed by atoms with Crippen LogP contribution in [0.1, 0.15) is 11.8 Å². The first-order chi connectivity index (χ1) is 6.40. The minimum Gasteiger partial charge on any atom is -0.314 e. The zero-order chi connectivity index (χ0) is 9.10. The summed E-state index contributed by atoms with van der Waals surface area (Å²) >= 11 is 1.75. The summed E-state index contributed by atoms with van der Waals surface area (Å²) in [6.07, 6.45) is 1.97. The van der Waals surface area contributed by atoms with E-state index in [1.165, 1.54) is 4.88 Å². The van der Waals surface area contributed by atoms with Crippen molar-refractivity contribution in [2.75, 3.05) is 19.6 Å². The molecule has 1 N–H and O–H groups in total. The fraction of sp³-hybridized carbons (Fsp3) is 0.667. The molecule has 0 atom stereocenters. The molecule has 0 radical (unpaired) electrons. The second-order valence-electron chi connectivity index (χ2n) is 3.34. The van der Waals surface area contributed by atoms with Crippen LogP contribution in [-0.4, -0.2) is 35.6 Å². The highest BCUT2D eigenvalue weighted by atomic mass is 32.1. The third kappa shape index (κ3) is 2.07. The van der Waals surface area contributed by atoms with E-state index >= 15 is 0 Å². The maximum atomic E-state index is 4.09. The molecule has 3 nitrogen and oxygen atoms in total. The van der Waals surface area contributed by atoms with Gasteiger partial charge in [0.1, 0.15) is 0 Å². The molecule has 2 rings (SSSR count). The highest BCUT2D eigenvalue weighted by Crippen LogP contribution is 2.13. The van der Waals surface area contributed by atoms with Gasteiger partial charge in [-0.3, -0.25) is 9.88 Å². The van der Waals surface area contributed by atoms with Crippen LogP contribution in [0.25, 0.3) is 0 Å². The zero-order valence-corrected chi connectivity index (χ0v) is 8.68. The fourth-order valence-electron chi connectivity index (χ4n) is 1.55. The van der Waals surface area contributed by atoms with Gasteiger partial charge in [-0.2, -0.15) is 0 Å². The second-order valence-corrected chi connectivity index (χ2v) is 4.31. The summed E-state index contributed by atoms with van der Waals surface area (Å²) in [4.78, 5) is 7.96. The molecule has 0 amide bonds. The molecule has 0 aromatic carbocycles. The van der Waals surface area contributed by atoms with Crippen molar-refractivity contribution in [3.8, 4) is 0 Å². The number of hydrogen-bond acceptors (Lipinski definition) is 4. The number of thiazole rings is 1. The van der Waals surface area contributed by atoms with Crippen molar-refractivity contribution in [3.05, 3.63) is 16.6 Å². The fourth-order valence-corrected chi connectivity index (χ4v) is 2.17. The lowest BCUT2D eigenvalue weighted by molar-refractivity contribution is 0.146. The number of nitrogens with zero attached hydrogens (tertiary/aromatic N) is 2. The molecular weight excluding hydrogens is 182 g/mol. The molecule has 0 unspecified atom stereocenters. The molecule has 4 heteroatoms. The molecule has 72 valence electrons. The third-order valence-electron chi connectivity index (χ3n) is 2.52. The molecule has 1 aliphatic heterocycles. The van der Waals surface area contributed by atoms with Crippen LogP contribution in [0.15, 0.2) is 11.7 Å². The average molecular weight is 197 g/mol. The molecule has 0 spiro atoms. The summed E-state index contributed by atoms with van der Waals surface area (Å²) in [5.41, 5.74) is 1.90. The Balaban J connectivity index is 1.90. The van der Waals surface area contributed by atoms with Gasteiger partial charge in [0.05, 0.1) is 5.51 Å². The van der Waals surface area contributed by atoms with E-state index in [4.69, 9.17) is 0 Å². The van der Waals surface area contributed by atoms with Crippen LogP contribution in [-0.2, 0) is 6.54 Å². The largest absolute Gasteiger partial charge is 0.314 e. The van der Waals surface area contributed by atoms with Crippen molar-refractivity contribution >= 4 is 11.3 Å². The number of nitrogens with one attached hydrogen (secondary N) is 1.